The minimum absolute atomic E-state index is 0.230. The van der Waals surface area contributed by atoms with Crippen molar-refractivity contribution in [3.63, 3.8) is 0 Å². The molecule has 20 heavy (non-hydrogen) atoms. The molecule has 0 aliphatic carbocycles. The number of H-pyrrole nitrogens is 1. The minimum Gasteiger partial charge on any atom is -0.494 e. The van der Waals surface area contributed by atoms with Gasteiger partial charge >= 0.3 is 5.97 Å². The second kappa shape index (κ2) is 6.95. The second-order valence-electron chi connectivity index (χ2n) is 4.09. The predicted molar refractivity (Wildman–Crippen MR) is 75.4 cm³/mol. The van der Waals surface area contributed by atoms with E-state index in [-0.39, 0.29) is 5.56 Å². The van der Waals surface area contributed by atoms with E-state index in [4.69, 9.17) is 9.84 Å². The molecular formula is C13H15N3O3S. The van der Waals surface area contributed by atoms with E-state index >= 15 is 0 Å². The monoisotopic (exact) mass is 293 g/mol. The summed E-state index contributed by atoms with van der Waals surface area (Å²) in [5.74, 6) is 1.26. The summed E-state index contributed by atoms with van der Waals surface area (Å²) in [5, 5.41) is 16.4. The number of thioether (sulfide) groups is 1. The van der Waals surface area contributed by atoms with E-state index in [9.17, 15) is 4.79 Å². The summed E-state index contributed by atoms with van der Waals surface area (Å²) in [7, 11) is 0. The van der Waals surface area contributed by atoms with Crippen molar-refractivity contribution >= 4 is 17.7 Å². The molecule has 0 saturated carbocycles. The average molecular weight is 293 g/mol. The van der Waals surface area contributed by atoms with E-state index in [0.29, 0.717) is 12.4 Å². The van der Waals surface area contributed by atoms with E-state index in [1.54, 1.807) is 23.9 Å². The van der Waals surface area contributed by atoms with Gasteiger partial charge in [0.1, 0.15) is 11.6 Å². The van der Waals surface area contributed by atoms with Crippen LogP contribution >= 0.6 is 11.8 Å². The van der Waals surface area contributed by atoms with Crippen LogP contribution in [-0.2, 0) is 0 Å². The first kappa shape index (κ1) is 14.4. The quantitative estimate of drug-likeness (QED) is 0.602. The van der Waals surface area contributed by atoms with Gasteiger partial charge in [-0.15, -0.1) is 5.10 Å². The number of carboxylic acid groups (broad SMARTS) is 1. The third-order valence-electron chi connectivity index (χ3n) is 2.45. The number of hydrogen-bond donors (Lipinski definition) is 2. The Hall–Kier alpha value is -2.02. The molecule has 0 radical (unpaired) electrons. The highest BCUT2D eigenvalue weighted by Gasteiger charge is 2.04. The second-order valence-corrected chi connectivity index (χ2v) is 5.15. The number of ether oxygens (including phenoxy) is 1. The summed E-state index contributed by atoms with van der Waals surface area (Å²) in [4.78, 5) is 15.0. The van der Waals surface area contributed by atoms with Crippen LogP contribution in [0.15, 0.2) is 29.4 Å². The zero-order chi connectivity index (χ0) is 14.4. The molecule has 106 valence electrons. The van der Waals surface area contributed by atoms with Crippen LogP contribution in [0.4, 0.5) is 0 Å². The summed E-state index contributed by atoms with van der Waals surface area (Å²) < 4.78 is 5.51. The van der Waals surface area contributed by atoms with Gasteiger partial charge in [-0.2, -0.15) is 0 Å². The number of aromatic amines is 1. The Bertz CT molecular complexity index is 586. The molecule has 0 aliphatic rings. The number of carboxylic acids is 1. The van der Waals surface area contributed by atoms with E-state index < -0.39 is 5.97 Å². The molecule has 1 aromatic heterocycles. The van der Waals surface area contributed by atoms with Crippen molar-refractivity contribution < 1.29 is 14.6 Å². The Morgan fingerprint density at radius 3 is 3.05 bits per heavy atom. The first-order valence-electron chi connectivity index (χ1n) is 6.13. The van der Waals surface area contributed by atoms with E-state index in [2.05, 4.69) is 15.2 Å². The SMILES string of the molecule is Cc1nc(SCCCOc2cccc(C(=O)O)c2)n[nH]1. The Labute approximate surface area is 120 Å². The first-order chi connectivity index (χ1) is 9.65. The standard InChI is InChI=1S/C13H15N3O3S/c1-9-14-13(16-15-9)20-7-3-6-19-11-5-2-4-10(8-11)12(17)18/h2,4-5,8H,3,6-7H2,1H3,(H,17,18)(H,14,15,16). The number of nitrogens with zero attached hydrogens (tertiary/aromatic N) is 2. The zero-order valence-electron chi connectivity index (χ0n) is 11.0. The lowest BCUT2D eigenvalue weighted by atomic mass is 10.2. The molecule has 0 aliphatic heterocycles. The van der Waals surface area contributed by atoms with Crippen LogP contribution in [0.3, 0.4) is 0 Å². The first-order valence-corrected chi connectivity index (χ1v) is 7.11. The number of nitrogens with one attached hydrogen (secondary N) is 1. The lowest BCUT2D eigenvalue weighted by Crippen LogP contribution is -2.01. The molecule has 1 heterocycles. The topological polar surface area (TPSA) is 88.1 Å². The molecule has 0 spiro atoms. The Morgan fingerprint density at radius 1 is 1.50 bits per heavy atom. The average Bonchev–Trinajstić information content (AvgIpc) is 2.84. The fourth-order valence-electron chi connectivity index (χ4n) is 1.52. The highest BCUT2D eigenvalue weighted by molar-refractivity contribution is 7.99. The fourth-order valence-corrected chi connectivity index (χ4v) is 2.27. The van der Waals surface area contributed by atoms with Gasteiger partial charge in [-0.3, -0.25) is 5.10 Å². The normalized spacial score (nSPS) is 10.4. The molecule has 0 atom stereocenters. The van der Waals surface area contributed by atoms with E-state index in [0.717, 1.165) is 23.2 Å². The summed E-state index contributed by atoms with van der Waals surface area (Å²) in [6, 6.07) is 6.48. The summed E-state index contributed by atoms with van der Waals surface area (Å²) in [6.45, 7) is 2.38. The molecule has 0 amide bonds. The van der Waals surface area contributed by atoms with Crippen molar-refractivity contribution in [1.82, 2.24) is 15.2 Å². The van der Waals surface area contributed by atoms with Crippen molar-refractivity contribution in [3.05, 3.63) is 35.7 Å². The summed E-state index contributed by atoms with van der Waals surface area (Å²) >= 11 is 1.56. The van der Waals surface area contributed by atoms with Gasteiger partial charge in [-0.05, 0) is 31.5 Å². The highest BCUT2D eigenvalue weighted by atomic mass is 32.2. The van der Waals surface area contributed by atoms with Gasteiger partial charge in [0.05, 0.1) is 12.2 Å². The predicted octanol–water partition coefficient (Wildman–Crippen LogP) is 2.37. The van der Waals surface area contributed by atoms with Crippen LogP contribution in [-0.4, -0.2) is 38.6 Å². The molecule has 7 heteroatoms. The largest absolute Gasteiger partial charge is 0.494 e. The van der Waals surface area contributed by atoms with Crippen LogP contribution in [0.5, 0.6) is 5.75 Å². The van der Waals surface area contributed by atoms with Crippen molar-refractivity contribution in [2.24, 2.45) is 0 Å². The van der Waals surface area contributed by atoms with Gasteiger partial charge in [0, 0.05) is 5.75 Å². The molecule has 0 bridgehead atoms. The van der Waals surface area contributed by atoms with Gasteiger partial charge in [0.15, 0.2) is 0 Å². The molecule has 0 saturated heterocycles. The summed E-state index contributed by atoms with van der Waals surface area (Å²) in [5.41, 5.74) is 0.230. The third-order valence-corrected chi connectivity index (χ3v) is 3.38. The van der Waals surface area contributed by atoms with Gasteiger partial charge in [-0.1, -0.05) is 17.8 Å². The zero-order valence-corrected chi connectivity index (χ0v) is 11.8. The molecular weight excluding hydrogens is 278 g/mol. The van der Waals surface area contributed by atoms with Crippen LogP contribution in [0.25, 0.3) is 0 Å². The van der Waals surface area contributed by atoms with Gasteiger partial charge in [0.2, 0.25) is 5.16 Å². The molecule has 1 aromatic carbocycles. The number of carbonyl (C=O) groups is 1. The number of hydrogen-bond acceptors (Lipinski definition) is 5. The molecule has 0 fully saturated rings. The molecule has 2 N–H and O–H groups in total. The van der Waals surface area contributed by atoms with Crippen molar-refractivity contribution in [2.45, 2.75) is 18.5 Å². The fraction of sp³-hybridized carbons (Fsp3) is 0.308. The van der Waals surface area contributed by atoms with E-state index in [1.165, 1.54) is 12.1 Å². The third kappa shape index (κ3) is 4.27. The molecule has 2 rings (SSSR count). The number of aromatic carboxylic acids is 1. The number of aromatic nitrogens is 3. The minimum atomic E-state index is -0.953. The number of aryl methyl sites for hydroxylation is 1. The highest BCUT2D eigenvalue weighted by Crippen LogP contribution is 2.16. The maximum Gasteiger partial charge on any atom is 0.335 e. The molecule has 0 unspecified atom stereocenters. The van der Waals surface area contributed by atoms with Crippen LogP contribution in [0.2, 0.25) is 0 Å². The molecule has 6 nitrogen and oxygen atoms in total. The maximum absolute atomic E-state index is 10.8. The van der Waals surface area contributed by atoms with Crippen molar-refractivity contribution in [1.29, 1.82) is 0 Å². The smallest absolute Gasteiger partial charge is 0.335 e. The number of rotatable bonds is 7. The van der Waals surface area contributed by atoms with Gasteiger partial charge < -0.3 is 9.84 Å². The Morgan fingerprint density at radius 2 is 2.35 bits per heavy atom. The van der Waals surface area contributed by atoms with Crippen LogP contribution in [0.1, 0.15) is 22.6 Å². The van der Waals surface area contributed by atoms with Gasteiger partial charge in [-0.25, -0.2) is 9.78 Å². The van der Waals surface area contributed by atoms with Crippen LogP contribution < -0.4 is 4.74 Å². The maximum atomic E-state index is 10.8. The number of benzene rings is 1. The molecule has 2 aromatic rings. The van der Waals surface area contributed by atoms with E-state index in [1.807, 2.05) is 6.92 Å². The van der Waals surface area contributed by atoms with Crippen LogP contribution in [0, 0.1) is 6.92 Å². The lowest BCUT2D eigenvalue weighted by Gasteiger charge is -2.06. The Kier molecular flexibility index (Phi) is 5.00. The lowest BCUT2D eigenvalue weighted by molar-refractivity contribution is 0.0696. The Balaban J connectivity index is 1.70. The van der Waals surface area contributed by atoms with Crippen molar-refractivity contribution in [2.75, 3.05) is 12.4 Å². The summed E-state index contributed by atoms with van der Waals surface area (Å²) in [6.07, 6.45) is 0.829. The van der Waals surface area contributed by atoms with Crippen molar-refractivity contribution in [3.8, 4) is 5.75 Å². The van der Waals surface area contributed by atoms with Gasteiger partial charge in [0.25, 0.3) is 0 Å².